The quantitative estimate of drug-likeness (QED) is 0.525. The SMILES string of the molecule is CC(C)c1cc(C(C)C)c(-c2ccccc2C(C)C)c(C(C)C)c1. The predicted octanol–water partition coefficient (Wildman–Crippen LogP) is 7.85. The summed E-state index contributed by atoms with van der Waals surface area (Å²) in [5.74, 6) is 2.15. The molecule has 0 amide bonds. The minimum Gasteiger partial charge on any atom is -0.0619 e. The van der Waals surface area contributed by atoms with Crippen LogP contribution in [0.15, 0.2) is 36.4 Å². The zero-order valence-electron chi connectivity index (χ0n) is 16.8. The Bertz CT molecular complexity index is 658. The lowest BCUT2D eigenvalue weighted by molar-refractivity contribution is 0.805. The second-order valence-corrected chi connectivity index (χ2v) is 8.28. The van der Waals surface area contributed by atoms with E-state index in [0.29, 0.717) is 23.7 Å². The molecule has 2 rings (SSSR count). The highest BCUT2D eigenvalue weighted by molar-refractivity contribution is 5.76. The summed E-state index contributed by atoms with van der Waals surface area (Å²) in [6, 6.07) is 13.9. The van der Waals surface area contributed by atoms with Gasteiger partial charge >= 0.3 is 0 Å². The molecule has 0 unspecified atom stereocenters. The monoisotopic (exact) mass is 322 g/mol. The molecule has 0 N–H and O–H groups in total. The van der Waals surface area contributed by atoms with Crippen LogP contribution < -0.4 is 0 Å². The summed E-state index contributed by atoms with van der Waals surface area (Å²) < 4.78 is 0. The average Bonchev–Trinajstić information content (AvgIpc) is 2.53. The van der Waals surface area contributed by atoms with Gasteiger partial charge in [-0.2, -0.15) is 0 Å². The molecule has 0 aromatic heterocycles. The normalized spacial score (nSPS) is 12.0. The van der Waals surface area contributed by atoms with Crippen LogP contribution in [-0.4, -0.2) is 0 Å². The van der Waals surface area contributed by atoms with Crippen LogP contribution in [0.3, 0.4) is 0 Å². The van der Waals surface area contributed by atoms with Gasteiger partial charge in [-0.25, -0.2) is 0 Å². The third-order valence-electron chi connectivity index (χ3n) is 4.98. The molecule has 0 radical (unpaired) electrons. The molecular weight excluding hydrogens is 288 g/mol. The van der Waals surface area contributed by atoms with Crippen molar-refractivity contribution in [2.24, 2.45) is 0 Å². The summed E-state index contributed by atoms with van der Waals surface area (Å²) in [6.07, 6.45) is 0. The molecule has 0 atom stereocenters. The highest BCUT2D eigenvalue weighted by atomic mass is 14.2. The Morgan fingerprint density at radius 1 is 0.542 bits per heavy atom. The van der Waals surface area contributed by atoms with Crippen molar-refractivity contribution in [1.82, 2.24) is 0 Å². The highest BCUT2D eigenvalue weighted by Crippen LogP contribution is 2.41. The summed E-state index contributed by atoms with van der Waals surface area (Å²) in [4.78, 5) is 0. The van der Waals surface area contributed by atoms with Crippen LogP contribution in [0.5, 0.6) is 0 Å². The van der Waals surface area contributed by atoms with E-state index in [9.17, 15) is 0 Å². The summed E-state index contributed by atoms with van der Waals surface area (Å²) in [6.45, 7) is 18.5. The van der Waals surface area contributed by atoms with Crippen LogP contribution in [0.4, 0.5) is 0 Å². The molecule has 130 valence electrons. The molecule has 0 saturated heterocycles. The minimum absolute atomic E-state index is 0.524. The van der Waals surface area contributed by atoms with Crippen molar-refractivity contribution in [2.75, 3.05) is 0 Å². The van der Waals surface area contributed by atoms with E-state index >= 15 is 0 Å². The van der Waals surface area contributed by atoms with E-state index < -0.39 is 0 Å². The number of hydrogen-bond donors (Lipinski definition) is 0. The van der Waals surface area contributed by atoms with E-state index in [1.165, 1.54) is 33.4 Å². The predicted molar refractivity (Wildman–Crippen MR) is 108 cm³/mol. The molecule has 2 aromatic rings. The first-order valence-corrected chi connectivity index (χ1v) is 9.51. The van der Waals surface area contributed by atoms with Crippen molar-refractivity contribution in [2.45, 2.75) is 79.1 Å². The number of benzene rings is 2. The van der Waals surface area contributed by atoms with E-state index in [0.717, 1.165) is 0 Å². The van der Waals surface area contributed by atoms with Crippen LogP contribution in [-0.2, 0) is 0 Å². The molecule has 0 bridgehead atoms. The van der Waals surface area contributed by atoms with Gasteiger partial charge in [0.15, 0.2) is 0 Å². The molecule has 0 heteroatoms. The van der Waals surface area contributed by atoms with Gasteiger partial charge in [-0.15, -0.1) is 0 Å². The third kappa shape index (κ3) is 3.74. The average molecular weight is 323 g/mol. The van der Waals surface area contributed by atoms with Gasteiger partial charge in [-0.05, 0) is 57.1 Å². The van der Waals surface area contributed by atoms with Gasteiger partial charge in [-0.1, -0.05) is 91.8 Å². The Labute approximate surface area is 149 Å². The molecule has 0 aliphatic heterocycles. The molecule has 0 heterocycles. The Balaban J connectivity index is 2.86. The Kier molecular flexibility index (Phi) is 5.91. The van der Waals surface area contributed by atoms with Crippen LogP contribution in [0.25, 0.3) is 11.1 Å². The van der Waals surface area contributed by atoms with E-state index in [-0.39, 0.29) is 0 Å². The molecule has 0 aliphatic rings. The third-order valence-corrected chi connectivity index (χ3v) is 4.98. The lowest BCUT2D eigenvalue weighted by Crippen LogP contribution is -2.05. The molecule has 0 fully saturated rings. The molecule has 0 saturated carbocycles. The topological polar surface area (TPSA) is 0 Å². The number of hydrogen-bond acceptors (Lipinski definition) is 0. The lowest BCUT2D eigenvalue weighted by atomic mass is 9.79. The van der Waals surface area contributed by atoms with Gasteiger partial charge in [0.2, 0.25) is 0 Å². The fourth-order valence-electron chi connectivity index (χ4n) is 3.49. The molecular formula is C24H34. The van der Waals surface area contributed by atoms with Gasteiger partial charge in [0.25, 0.3) is 0 Å². The van der Waals surface area contributed by atoms with Gasteiger partial charge in [0.1, 0.15) is 0 Å². The summed E-state index contributed by atoms with van der Waals surface area (Å²) >= 11 is 0. The van der Waals surface area contributed by atoms with Crippen molar-refractivity contribution in [3.63, 3.8) is 0 Å². The van der Waals surface area contributed by atoms with E-state index in [1.54, 1.807) is 0 Å². The first-order chi connectivity index (χ1) is 11.2. The van der Waals surface area contributed by atoms with E-state index in [4.69, 9.17) is 0 Å². The maximum atomic E-state index is 2.45. The highest BCUT2D eigenvalue weighted by Gasteiger charge is 2.20. The van der Waals surface area contributed by atoms with Gasteiger partial charge in [0.05, 0.1) is 0 Å². The van der Waals surface area contributed by atoms with E-state index in [2.05, 4.69) is 91.8 Å². The summed E-state index contributed by atoms with van der Waals surface area (Å²) in [5.41, 5.74) is 8.83. The fourth-order valence-corrected chi connectivity index (χ4v) is 3.49. The van der Waals surface area contributed by atoms with Crippen LogP contribution >= 0.6 is 0 Å². The summed E-state index contributed by atoms with van der Waals surface area (Å²) in [7, 11) is 0. The van der Waals surface area contributed by atoms with Crippen LogP contribution in [0.2, 0.25) is 0 Å². The first kappa shape index (κ1) is 18.8. The van der Waals surface area contributed by atoms with Crippen LogP contribution in [0.1, 0.15) is 101 Å². The minimum atomic E-state index is 0.524. The zero-order chi connectivity index (χ0) is 18.0. The number of rotatable bonds is 5. The lowest BCUT2D eigenvalue weighted by Gasteiger charge is -2.25. The Morgan fingerprint density at radius 3 is 1.42 bits per heavy atom. The first-order valence-electron chi connectivity index (χ1n) is 9.51. The zero-order valence-corrected chi connectivity index (χ0v) is 16.8. The molecule has 0 aliphatic carbocycles. The smallest absolute Gasteiger partial charge is 0.0112 e. The second-order valence-electron chi connectivity index (χ2n) is 8.28. The Hall–Kier alpha value is -1.56. The maximum absolute atomic E-state index is 2.45. The van der Waals surface area contributed by atoms with Crippen molar-refractivity contribution in [3.05, 3.63) is 58.7 Å². The van der Waals surface area contributed by atoms with Crippen molar-refractivity contribution >= 4 is 0 Å². The van der Waals surface area contributed by atoms with Gasteiger partial charge in [-0.3, -0.25) is 0 Å². The molecule has 2 aromatic carbocycles. The standard InChI is InChI=1S/C24H34/c1-15(2)19-13-22(17(5)6)24(23(14-19)18(7)8)21-12-10-9-11-20(21)16(3)4/h9-18H,1-8H3. The second kappa shape index (κ2) is 7.55. The fraction of sp³-hybridized carbons (Fsp3) is 0.500. The van der Waals surface area contributed by atoms with Crippen molar-refractivity contribution in [3.8, 4) is 11.1 Å². The summed E-state index contributed by atoms with van der Waals surface area (Å²) in [5, 5.41) is 0. The molecule has 0 nitrogen and oxygen atoms in total. The van der Waals surface area contributed by atoms with Gasteiger partial charge < -0.3 is 0 Å². The van der Waals surface area contributed by atoms with Crippen molar-refractivity contribution in [1.29, 1.82) is 0 Å². The van der Waals surface area contributed by atoms with Gasteiger partial charge in [0, 0.05) is 0 Å². The van der Waals surface area contributed by atoms with Crippen LogP contribution in [0, 0.1) is 0 Å². The largest absolute Gasteiger partial charge is 0.0619 e. The Morgan fingerprint density at radius 2 is 1.00 bits per heavy atom. The van der Waals surface area contributed by atoms with E-state index in [1.807, 2.05) is 0 Å². The molecule has 24 heavy (non-hydrogen) atoms. The molecule has 0 spiro atoms. The van der Waals surface area contributed by atoms with Crippen molar-refractivity contribution < 1.29 is 0 Å². The maximum Gasteiger partial charge on any atom is -0.0112 e.